The molecule has 3 aromatic rings. The molecule has 3 rings (SSSR count). The summed E-state index contributed by atoms with van der Waals surface area (Å²) in [5, 5.41) is 1.01. The Bertz CT molecular complexity index is 1030. The van der Waals surface area contributed by atoms with E-state index in [1.807, 2.05) is 13.8 Å². The highest BCUT2D eigenvalue weighted by Crippen LogP contribution is 2.38. The molecule has 0 fully saturated rings. The second-order valence-corrected chi connectivity index (χ2v) is 6.18. The van der Waals surface area contributed by atoms with Crippen LogP contribution in [0, 0.1) is 20.8 Å². The van der Waals surface area contributed by atoms with E-state index in [4.69, 9.17) is 27.8 Å². The maximum absolute atomic E-state index is 11.9. The Morgan fingerprint density at radius 1 is 1.28 bits per heavy atom. The highest BCUT2D eigenvalue weighted by Gasteiger charge is 2.25. The maximum Gasteiger partial charge on any atom is 0.253 e. The molecule has 1 amide bonds. The van der Waals surface area contributed by atoms with Crippen LogP contribution >= 0.6 is 11.6 Å². The normalized spacial score (nSPS) is 11.1. The van der Waals surface area contributed by atoms with Crippen LogP contribution < -0.4 is 16.2 Å². The van der Waals surface area contributed by atoms with Crippen LogP contribution in [0.4, 0.5) is 5.82 Å². The number of carbonyl (C=O) groups excluding carboxylic acids is 1. The summed E-state index contributed by atoms with van der Waals surface area (Å²) in [4.78, 5) is 20.6. The van der Waals surface area contributed by atoms with Crippen molar-refractivity contribution in [2.45, 2.75) is 20.8 Å². The van der Waals surface area contributed by atoms with Gasteiger partial charge in [0.2, 0.25) is 0 Å². The number of methoxy groups -OCH3 is 1. The number of nitrogens with two attached hydrogens (primary N) is 2. The van der Waals surface area contributed by atoms with Gasteiger partial charge in [-0.3, -0.25) is 9.36 Å². The van der Waals surface area contributed by atoms with Gasteiger partial charge in [-0.2, -0.15) is 0 Å². The van der Waals surface area contributed by atoms with Gasteiger partial charge in [-0.1, -0.05) is 11.6 Å². The van der Waals surface area contributed by atoms with E-state index in [-0.39, 0.29) is 11.4 Å². The smallest absolute Gasteiger partial charge is 0.253 e. The number of amides is 1. The predicted octanol–water partition coefficient (Wildman–Crippen LogP) is 2.69. The zero-order chi connectivity index (χ0) is 18.5. The van der Waals surface area contributed by atoms with E-state index in [1.165, 1.54) is 0 Å². The van der Waals surface area contributed by atoms with Crippen molar-refractivity contribution in [2.24, 2.45) is 5.73 Å². The van der Waals surface area contributed by atoms with Crippen molar-refractivity contribution in [2.75, 3.05) is 12.8 Å². The largest absolute Gasteiger partial charge is 0.496 e. The van der Waals surface area contributed by atoms with E-state index in [1.54, 1.807) is 30.9 Å². The molecule has 0 unspecified atom stereocenters. The molecule has 4 N–H and O–H groups in total. The number of ether oxygens (including phenoxy) is 1. The van der Waals surface area contributed by atoms with Crippen molar-refractivity contribution in [1.82, 2.24) is 14.5 Å². The van der Waals surface area contributed by atoms with E-state index < -0.39 is 5.91 Å². The summed E-state index contributed by atoms with van der Waals surface area (Å²) >= 11 is 6.37. The maximum atomic E-state index is 11.9. The summed E-state index contributed by atoms with van der Waals surface area (Å²) in [5.74, 6) is 0.709. The van der Waals surface area contributed by atoms with Gasteiger partial charge in [-0.25, -0.2) is 9.97 Å². The van der Waals surface area contributed by atoms with Gasteiger partial charge in [-0.15, -0.1) is 0 Å². The molecule has 8 heteroatoms. The molecule has 2 aromatic heterocycles. The fourth-order valence-electron chi connectivity index (χ4n) is 3.04. The Labute approximate surface area is 149 Å². The first-order chi connectivity index (χ1) is 11.8. The highest BCUT2D eigenvalue weighted by molar-refractivity contribution is 6.31. The van der Waals surface area contributed by atoms with Gasteiger partial charge in [0, 0.05) is 16.8 Å². The van der Waals surface area contributed by atoms with E-state index >= 15 is 0 Å². The second-order valence-electron chi connectivity index (χ2n) is 5.77. The van der Waals surface area contributed by atoms with Crippen molar-refractivity contribution in [3.05, 3.63) is 39.8 Å². The minimum atomic E-state index is -0.641. The van der Waals surface area contributed by atoms with Crippen LogP contribution in [0.2, 0.25) is 5.02 Å². The van der Waals surface area contributed by atoms with Gasteiger partial charge in [0.15, 0.2) is 5.65 Å². The first-order valence-corrected chi connectivity index (χ1v) is 7.93. The Kier molecular flexibility index (Phi) is 4.04. The van der Waals surface area contributed by atoms with Crippen molar-refractivity contribution in [3.8, 4) is 11.4 Å². The lowest BCUT2D eigenvalue weighted by atomic mass is 10.1. The summed E-state index contributed by atoms with van der Waals surface area (Å²) in [6.07, 6.45) is 1.55. The molecule has 0 saturated heterocycles. The van der Waals surface area contributed by atoms with Crippen molar-refractivity contribution >= 4 is 34.4 Å². The van der Waals surface area contributed by atoms with Crippen molar-refractivity contribution < 1.29 is 9.53 Å². The predicted molar refractivity (Wildman–Crippen MR) is 97.6 cm³/mol. The zero-order valence-electron chi connectivity index (χ0n) is 14.3. The number of aromatic nitrogens is 3. The van der Waals surface area contributed by atoms with Crippen LogP contribution in [0.25, 0.3) is 16.7 Å². The summed E-state index contributed by atoms with van der Waals surface area (Å²) in [6, 6.07) is 1.74. The number of carbonyl (C=O) groups is 1. The number of hydrogen-bond donors (Lipinski definition) is 2. The Balaban J connectivity index is 2.54. The molecule has 0 aliphatic rings. The van der Waals surface area contributed by atoms with Crippen LogP contribution in [0.1, 0.15) is 27.3 Å². The number of hydrogen-bond acceptors (Lipinski definition) is 5. The fourth-order valence-corrected chi connectivity index (χ4v) is 3.23. The van der Waals surface area contributed by atoms with Crippen LogP contribution in [0.5, 0.6) is 5.75 Å². The van der Waals surface area contributed by atoms with Crippen LogP contribution in [-0.4, -0.2) is 27.6 Å². The lowest BCUT2D eigenvalue weighted by Crippen LogP contribution is -2.14. The van der Waals surface area contributed by atoms with E-state index in [9.17, 15) is 4.79 Å². The third kappa shape index (κ3) is 2.47. The number of fused-ring (bicyclic) bond motifs is 1. The van der Waals surface area contributed by atoms with Crippen LogP contribution in [0.3, 0.4) is 0 Å². The molecule has 130 valence electrons. The lowest BCUT2D eigenvalue weighted by molar-refractivity contribution is 0.100. The number of aryl methyl sites for hydroxylation is 1. The van der Waals surface area contributed by atoms with Crippen LogP contribution in [-0.2, 0) is 0 Å². The van der Waals surface area contributed by atoms with Crippen molar-refractivity contribution in [1.29, 1.82) is 0 Å². The van der Waals surface area contributed by atoms with Gasteiger partial charge < -0.3 is 16.2 Å². The summed E-state index contributed by atoms with van der Waals surface area (Å²) in [6.45, 7) is 5.52. The number of anilines is 1. The highest BCUT2D eigenvalue weighted by atomic mass is 35.5. The summed E-state index contributed by atoms with van der Waals surface area (Å²) in [7, 11) is 1.57. The number of benzene rings is 1. The van der Waals surface area contributed by atoms with Gasteiger partial charge in [-0.05, 0) is 32.4 Å². The first-order valence-electron chi connectivity index (χ1n) is 7.55. The zero-order valence-corrected chi connectivity index (χ0v) is 15.1. The first kappa shape index (κ1) is 17.0. The minimum Gasteiger partial charge on any atom is -0.496 e. The molecule has 0 aliphatic carbocycles. The molecule has 0 aliphatic heterocycles. The molecule has 0 spiro atoms. The van der Waals surface area contributed by atoms with Crippen molar-refractivity contribution in [3.63, 3.8) is 0 Å². The molecule has 0 bridgehead atoms. The quantitative estimate of drug-likeness (QED) is 0.747. The van der Waals surface area contributed by atoms with Gasteiger partial charge in [0.25, 0.3) is 5.91 Å². The number of halogens is 1. The molecule has 0 atom stereocenters. The van der Waals surface area contributed by atoms with Crippen LogP contribution in [0.15, 0.2) is 12.3 Å². The summed E-state index contributed by atoms with van der Waals surface area (Å²) < 4.78 is 7.09. The average Bonchev–Trinajstić information content (AvgIpc) is 2.83. The SMILES string of the molecule is COc1cc(Cl)c(C)c(-n2c(N)c(C(N)=O)c3cnc(C)nc32)c1C. The number of nitrogen functional groups attached to an aromatic ring is 1. The van der Waals surface area contributed by atoms with E-state index in [2.05, 4.69) is 9.97 Å². The number of rotatable bonds is 3. The molecule has 1 aromatic carbocycles. The average molecular weight is 360 g/mol. The van der Waals surface area contributed by atoms with Gasteiger partial charge in [0.1, 0.15) is 17.4 Å². The van der Waals surface area contributed by atoms with E-state index in [0.717, 1.165) is 11.1 Å². The Hall–Kier alpha value is -2.80. The molecular weight excluding hydrogens is 342 g/mol. The second kappa shape index (κ2) is 5.93. The van der Waals surface area contributed by atoms with E-state index in [0.29, 0.717) is 33.3 Å². The lowest BCUT2D eigenvalue weighted by Gasteiger charge is -2.18. The molecular formula is C17H18ClN5O2. The fraction of sp³-hybridized carbons (Fsp3) is 0.235. The number of primary amides is 1. The van der Waals surface area contributed by atoms with Gasteiger partial charge >= 0.3 is 0 Å². The molecule has 0 saturated carbocycles. The number of nitrogens with zero attached hydrogens (tertiary/aromatic N) is 3. The Morgan fingerprint density at radius 2 is 1.96 bits per heavy atom. The Morgan fingerprint density at radius 3 is 2.56 bits per heavy atom. The molecule has 0 radical (unpaired) electrons. The third-order valence-corrected chi connectivity index (χ3v) is 4.65. The topological polar surface area (TPSA) is 109 Å². The minimum absolute atomic E-state index is 0.188. The monoisotopic (exact) mass is 359 g/mol. The molecule has 25 heavy (non-hydrogen) atoms. The molecule has 2 heterocycles. The third-order valence-electron chi connectivity index (χ3n) is 4.25. The molecule has 7 nitrogen and oxygen atoms in total. The van der Waals surface area contributed by atoms with Gasteiger partial charge in [0.05, 0.1) is 23.7 Å². The standard InChI is InChI=1S/C17H18ClN5O2/c1-7-11(18)5-12(25-4)8(2)14(7)23-15(19)13(16(20)24)10-6-21-9(3)22-17(10)23/h5-6H,19H2,1-4H3,(H2,20,24). The summed E-state index contributed by atoms with van der Waals surface area (Å²) in [5.41, 5.74) is 14.8.